The monoisotopic (exact) mass is 399 g/mol. The third kappa shape index (κ3) is 3.48. The van der Waals surface area contributed by atoms with Gasteiger partial charge >= 0.3 is 0 Å². The van der Waals surface area contributed by atoms with E-state index in [1.165, 1.54) is 0 Å². The van der Waals surface area contributed by atoms with Crippen LogP contribution in [0.1, 0.15) is 18.5 Å². The van der Waals surface area contributed by atoms with Crippen LogP contribution in [0.15, 0.2) is 34.5 Å². The second-order valence-corrected chi connectivity index (χ2v) is 9.63. The first-order valence-electron chi connectivity index (χ1n) is 8.22. The van der Waals surface area contributed by atoms with E-state index in [0.717, 1.165) is 42.2 Å². The topological polar surface area (TPSA) is 62.3 Å². The highest BCUT2D eigenvalue weighted by atomic mass is 35.5. The predicted molar refractivity (Wildman–Crippen MR) is 103 cm³/mol. The fourth-order valence-electron chi connectivity index (χ4n) is 3.67. The van der Waals surface area contributed by atoms with E-state index in [-0.39, 0.29) is 17.8 Å². The van der Waals surface area contributed by atoms with Crippen LogP contribution >= 0.6 is 23.7 Å². The van der Waals surface area contributed by atoms with E-state index in [2.05, 4.69) is 10.3 Å². The van der Waals surface area contributed by atoms with Gasteiger partial charge in [-0.05, 0) is 43.9 Å². The van der Waals surface area contributed by atoms with E-state index in [9.17, 15) is 8.42 Å². The predicted octanol–water partition coefficient (Wildman–Crippen LogP) is 2.91. The number of rotatable bonds is 3. The quantitative estimate of drug-likeness (QED) is 0.861. The first-order chi connectivity index (χ1) is 11.5. The zero-order valence-electron chi connectivity index (χ0n) is 14.1. The third-order valence-electron chi connectivity index (χ3n) is 5.07. The molecule has 8 heteroatoms. The number of nitrogens with one attached hydrogen (secondary N) is 1. The van der Waals surface area contributed by atoms with Crippen molar-refractivity contribution >= 4 is 33.8 Å². The Bertz CT molecular complexity index is 860. The van der Waals surface area contributed by atoms with Crippen molar-refractivity contribution in [2.24, 2.45) is 5.41 Å². The van der Waals surface area contributed by atoms with Crippen molar-refractivity contribution in [1.29, 1.82) is 0 Å². The fraction of sp³-hybridized carbons (Fsp3) is 0.471. The van der Waals surface area contributed by atoms with Gasteiger partial charge in [0.05, 0.1) is 4.90 Å². The molecule has 0 radical (unpaired) electrons. The molecule has 2 fully saturated rings. The molecule has 25 heavy (non-hydrogen) atoms. The lowest BCUT2D eigenvalue weighted by molar-refractivity contribution is 0.338. The molecular weight excluding hydrogens is 378 g/mol. The Kier molecular flexibility index (Phi) is 5.23. The van der Waals surface area contributed by atoms with Gasteiger partial charge in [0.15, 0.2) is 0 Å². The first kappa shape index (κ1) is 18.8. The van der Waals surface area contributed by atoms with E-state index < -0.39 is 10.0 Å². The molecule has 5 nitrogen and oxygen atoms in total. The van der Waals surface area contributed by atoms with Crippen molar-refractivity contribution in [2.45, 2.75) is 24.7 Å². The van der Waals surface area contributed by atoms with Gasteiger partial charge in [0.1, 0.15) is 5.01 Å². The zero-order valence-corrected chi connectivity index (χ0v) is 16.5. The number of thiazole rings is 1. The summed E-state index contributed by atoms with van der Waals surface area (Å²) in [5, 5.41) is 6.21. The maximum atomic E-state index is 13.1. The van der Waals surface area contributed by atoms with Gasteiger partial charge < -0.3 is 5.32 Å². The number of hydrogen-bond donors (Lipinski definition) is 1. The average Bonchev–Trinajstić information content (AvgIpc) is 3.31. The minimum Gasteiger partial charge on any atom is -0.316 e. The van der Waals surface area contributed by atoms with Crippen LogP contribution in [-0.4, -0.2) is 43.9 Å². The van der Waals surface area contributed by atoms with Crippen molar-refractivity contribution in [1.82, 2.24) is 14.6 Å². The molecule has 2 aliphatic rings. The summed E-state index contributed by atoms with van der Waals surface area (Å²) < 4.78 is 27.8. The standard InChI is InChI=1S/C17H21N3O2S2.ClH/c1-13-10-23-16(19-13)14-3-2-4-15(9-14)24(21,22)20-8-6-17(12-20)5-7-18-11-17;/h2-4,9-10,18H,5-8,11-12H2,1H3;1H. The van der Waals surface area contributed by atoms with Gasteiger partial charge in [-0.25, -0.2) is 13.4 Å². The van der Waals surface area contributed by atoms with Crippen LogP contribution in [0.3, 0.4) is 0 Å². The Morgan fingerprint density at radius 3 is 2.84 bits per heavy atom. The lowest BCUT2D eigenvalue weighted by Gasteiger charge is -2.22. The van der Waals surface area contributed by atoms with Gasteiger partial charge in [0.2, 0.25) is 10.0 Å². The van der Waals surface area contributed by atoms with E-state index >= 15 is 0 Å². The highest BCUT2D eigenvalue weighted by Crippen LogP contribution is 2.38. The molecule has 0 amide bonds. The summed E-state index contributed by atoms with van der Waals surface area (Å²) in [7, 11) is -3.44. The molecule has 0 bridgehead atoms. The molecule has 0 aliphatic carbocycles. The molecule has 4 rings (SSSR count). The lowest BCUT2D eigenvalue weighted by Crippen LogP contribution is -2.33. The Morgan fingerprint density at radius 1 is 1.32 bits per heavy atom. The van der Waals surface area contributed by atoms with Crippen LogP contribution < -0.4 is 5.32 Å². The number of aryl methyl sites for hydroxylation is 1. The Labute approximate surface area is 158 Å². The number of hydrogen-bond acceptors (Lipinski definition) is 5. The van der Waals surface area contributed by atoms with Crippen LogP contribution in [0.5, 0.6) is 0 Å². The van der Waals surface area contributed by atoms with Gasteiger partial charge in [-0.2, -0.15) is 4.31 Å². The number of nitrogens with zero attached hydrogens (tertiary/aromatic N) is 2. The molecule has 3 heterocycles. The molecule has 2 aliphatic heterocycles. The average molecular weight is 400 g/mol. The van der Waals surface area contributed by atoms with E-state index in [1.807, 2.05) is 24.4 Å². The zero-order chi connectivity index (χ0) is 16.8. The van der Waals surface area contributed by atoms with E-state index in [4.69, 9.17) is 0 Å². The summed E-state index contributed by atoms with van der Waals surface area (Å²) >= 11 is 1.54. The number of sulfonamides is 1. The van der Waals surface area contributed by atoms with Crippen LogP contribution in [-0.2, 0) is 10.0 Å². The molecule has 1 unspecified atom stereocenters. The highest BCUT2D eigenvalue weighted by Gasteiger charge is 2.44. The summed E-state index contributed by atoms with van der Waals surface area (Å²) in [5.74, 6) is 0. The Morgan fingerprint density at radius 2 is 2.16 bits per heavy atom. The van der Waals surface area contributed by atoms with Gasteiger partial charge in [0, 0.05) is 36.3 Å². The SMILES string of the molecule is Cc1csc(-c2cccc(S(=O)(=O)N3CCC4(CCNC4)C3)c2)n1.Cl. The molecule has 1 aromatic heterocycles. The number of aromatic nitrogens is 1. The summed E-state index contributed by atoms with van der Waals surface area (Å²) in [6.45, 7) is 5.11. The van der Waals surface area contributed by atoms with Crippen LogP contribution in [0, 0.1) is 12.3 Å². The normalized spacial score (nSPS) is 23.9. The van der Waals surface area contributed by atoms with Crippen LogP contribution in [0.4, 0.5) is 0 Å². The van der Waals surface area contributed by atoms with E-state index in [1.54, 1.807) is 27.8 Å². The molecule has 0 saturated carbocycles. The van der Waals surface area contributed by atoms with Gasteiger partial charge in [0.25, 0.3) is 0 Å². The summed E-state index contributed by atoms with van der Waals surface area (Å²) in [6, 6.07) is 7.17. The van der Waals surface area contributed by atoms with Gasteiger partial charge in [-0.15, -0.1) is 23.7 Å². The second-order valence-electron chi connectivity index (χ2n) is 6.84. The fourth-order valence-corrected chi connectivity index (χ4v) is 6.06. The molecule has 1 N–H and O–H groups in total. The molecule has 2 aromatic rings. The lowest BCUT2D eigenvalue weighted by atomic mass is 9.87. The first-order valence-corrected chi connectivity index (χ1v) is 10.5. The highest BCUT2D eigenvalue weighted by molar-refractivity contribution is 7.89. The Balaban J connectivity index is 0.00000182. The largest absolute Gasteiger partial charge is 0.316 e. The molecule has 1 atom stereocenters. The minimum atomic E-state index is -3.44. The molecule has 1 spiro atoms. The van der Waals surface area contributed by atoms with Crippen molar-refractivity contribution in [3.05, 3.63) is 35.3 Å². The van der Waals surface area contributed by atoms with Gasteiger partial charge in [-0.3, -0.25) is 0 Å². The smallest absolute Gasteiger partial charge is 0.243 e. The maximum Gasteiger partial charge on any atom is 0.243 e. The molecule has 136 valence electrons. The van der Waals surface area contributed by atoms with E-state index in [0.29, 0.717) is 18.0 Å². The summed E-state index contributed by atoms with van der Waals surface area (Å²) in [6.07, 6.45) is 2.02. The second kappa shape index (κ2) is 6.96. The van der Waals surface area contributed by atoms with Crippen molar-refractivity contribution in [2.75, 3.05) is 26.2 Å². The minimum absolute atomic E-state index is 0. The van der Waals surface area contributed by atoms with Crippen LogP contribution in [0.2, 0.25) is 0 Å². The van der Waals surface area contributed by atoms with Crippen molar-refractivity contribution in [3.8, 4) is 10.6 Å². The van der Waals surface area contributed by atoms with Crippen LogP contribution in [0.25, 0.3) is 10.6 Å². The number of halogens is 1. The maximum absolute atomic E-state index is 13.1. The summed E-state index contributed by atoms with van der Waals surface area (Å²) in [4.78, 5) is 4.83. The van der Waals surface area contributed by atoms with Crippen molar-refractivity contribution in [3.63, 3.8) is 0 Å². The number of benzene rings is 1. The van der Waals surface area contributed by atoms with Crippen molar-refractivity contribution < 1.29 is 8.42 Å². The summed E-state index contributed by atoms with van der Waals surface area (Å²) in [5.41, 5.74) is 1.96. The molecule has 1 aromatic carbocycles. The van der Waals surface area contributed by atoms with Gasteiger partial charge in [-0.1, -0.05) is 12.1 Å². The third-order valence-corrected chi connectivity index (χ3v) is 7.92. The molecule has 2 saturated heterocycles. The molecular formula is C17H22ClN3O2S2. The Hall–Kier alpha value is -0.990.